The van der Waals surface area contributed by atoms with Crippen LogP contribution < -0.4 is 5.32 Å². The van der Waals surface area contributed by atoms with Crippen molar-refractivity contribution in [2.75, 3.05) is 13.1 Å². The van der Waals surface area contributed by atoms with Gasteiger partial charge < -0.3 is 14.6 Å². The Morgan fingerprint density at radius 2 is 1.95 bits per heavy atom. The fraction of sp³-hybridized carbons (Fsp3) is 0.464. The minimum atomic E-state index is -4.58. The Hall–Kier alpha value is -2.91. The van der Waals surface area contributed by atoms with Gasteiger partial charge in [-0.05, 0) is 63.8 Å². The number of rotatable bonds is 6. The van der Waals surface area contributed by atoms with Gasteiger partial charge in [0, 0.05) is 53.5 Å². The summed E-state index contributed by atoms with van der Waals surface area (Å²) in [5, 5.41) is 4.24. The first-order valence-electron chi connectivity index (χ1n) is 13.6. The molecule has 2 aliphatic heterocycles. The molecule has 0 bridgehead atoms. The number of hydrogen-bond donors (Lipinski definition) is 1. The average Bonchev–Trinajstić information content (AvgIpc) is 3.41. The third-order valence-corrected chi connectivity index (χ3v) is 10.8. The lowest BCUT2D eigenvalue weighted by Gasteiger charge is -2.47. The second-order valence-electron chi connectivity index (χ2n) is 10.6. The number of alkyl halides is 3. The normalized spacial score (nSPS) is 20.9. The van der Waals surface area contributed by atoms with Crippen molar-refractivity contribution in [3.05, 3.63) is 69.2 Å². The van der Waals surface area contributed by atoms with Crippen LogP contribution in [-0.4, -0.2) is 59.1 Å². The molecule has 3 atom stereocenters. The van der Waals surface area contributed by atoms with E-state index in [9.17, 15) is 22.2 Å². The zero-order chi connectivity index (χ0) is 30.3. The molecule has 9 nitrogen and oxygen atoms in total. The van der Waals surface area contributed by atoms with E-state index in [1.165, 1.54) is 35.3 Å². The fourth-order valence-electron chi connectivity index (χ4n) is 5.49. The molecule has 0 aliphatic carbocycles. The molecule has 3 N–H and O–H groups in total. The van der Waals surface area contributed by atoms with E-state index in [-0.39, 0.29) is 24.6 Å². The van der Waals surface area contributed by atoms with E-state index in [0.29, 0.717) is 53.4 Å². The van der Waals surface area contributed by atoms with Crippen LogP contribution in [0.25, 0.3) is 0 Å². The van der Waals surface area contributed by atoms with E-state index in [2.05, 4.69) is 25.2 Å². The predicted octanol–water partition coefficient (Wildman–Crippen LogP) is 4.00. The Morgan fingerprint density at radius 1 is 1.26 bits per heavy atom. The summed E-state index contributed by atoms with van der Waals surface area (Å²) in [5.41, 5.74) is 1.78. The van der Waals surface area contributed by atoms with E-state index < -0.39 is 27.4 Å². The largest absolute Gasteiger partial charge is 0.451 e. The summed E-state index contributed by atoms with van der Waals surface area (Å²) in [4.78, 5) is 28.5. The summed E-state index contributed by atoms with van der Waals surface area (Å²) in [6, 6.07) is 5.02. The Labute approximate surface area is 246 Å². The molecule has 14 heteroatoms. The van der Waals surface area contributed by atoms with Gasteiger partial charge in [-0.1, -0.05) is 0 Å². The summed E-state index contributed by atoms with van der Waals surface area (Å²) in [6.07, 6.45) is 1.36. The third kappa shape index (κ3) is 6.23. The maximum Gasteiger partial charge on any atom is 0.451 e. The number of ether oxygens (including phenoxy) is 1. The summed E-state index contributed by atoms with van der Waals surface area (Å²) in [5.74, 6) is -1.37. The second-order valence-corrected chi connectivity index (χ2v) is 13.8. The lowest BCUT2D eigenvalue weighted by Crippen LogP contribution is -2.48. The van der Waals surface area contributed by atoms with E-state index in [1.807, 2.05) is 19.9 Å². The molecule has 1 spiro atoms. The Morgan fingerprint density at radius 3 is 2.55 bits per heavy atom. The molecule has 1 saturated heterocycles. The number of nitrogens with one attached hydrogen (secondary N) is 1. The number of carbonyl (C=O) groups is 1. The van der Waals surface area contributed by atoms with Gasteiger partial charge in [-0.3, -0.25) is 14.7 Å². The maximum atomic E-state index is 13.1. The highest BCUT2D eigenvalue weighted by Crippen LogP contribution is 2.48. The number of piperidine rings is 1. The fourth-order valence-corrected chi connectivity index (χ4v) is 7.53. The number of carbonyl (C=O) groups excluding carboxylic acids is 1. The molecular formula is C28H33F3N5O4S2+. The molecule has 5 rings (SSSR count). The van der Waals surface area contributed by atoms with Gasteiger partial charge in [0.1, 0.15) is 10.5 Å². The summed E-state index contributed by atoms with van der Waals surface area (Å²) in [7, 11) is -2.97. The van der Waals surface area contributed by atoms with Crippen LogP contribution in [0.5, 0.6) is 0 Å². The first-order valence-corrected chi connectivity index (χ1v) is 16.0. The van der Waals surface area contributed by atoms with Crippen LogP contribution in [0.2, 0.25) is 0 Å². The van der Waals surface area contributed by atoms with Gasteiger partial charge in [-0.25, -0.2) is 9.97 Å². The summed E-state index contributed by atoms with van der Waals surface area (Å²) in [6.45, 7) is 7.05. The molecule has 5 heterocycles. The van der Waals surface area contributed by atoms with Crippen molar-refractivity contribution in [3.8, 4) is 0 Å². The van der Waals surface area contributed by atoms with Gasteiger partial charge in [0.25, 0.3) is 5.91 Å². The zero-order valence-electron chi connectivity index (χ0n) is 23.4. The van der Waals surface area contributed by atoms with Crippen LogP contribution in [0.1, 0.15) is 76.8 Å². The van der Waals surface area contributed by atoms with Crippen LogP contribution >= 0.6 is 11.3 Å². The van der Waals surface area contributed by atoms with Crippen LogP contribution in [0.15, 0.2) is 41.7 Å². The molecule has 2 aliphatic rings. The highest BCUT2D eigenvalue weighted by Gasteiger charge is 2.45. The van der Waals surface area contributed by atoms with Crippen molar-refractivity contribution >= 4 is 32.4 Å². The average molecular weight is 625 g/mol. The molecule has 226 valence electrons. The van der Waals surface area contributed by atoms with Crippen molar-refractivity contribution in [2.24, 2.45) is 0 Å². The Kier molecular flexibility index (Phi) is 8.47. The highest BCUT2D eigenvalue weighted by molar-refractivity contribution is 7.96. The predicted molar refractivity (Wildman–Crippen MR) is 154 cm³/mol. The van der Waals surface area contributed by atoms with Gasteiger partial charge in [0.05, 0.1) is 23.2 Å². The first-order chi connectivity index (χ1) is 19.8. The van der Waals surface area contributed by atoms with Gasteiger partial charge in [-0.2, -0.15) is 17.4 Å². The molecule has 1 amide bonds. The highest BCUT2D eigenvalue weighted by atomic mass is 32.2. The molecule has 0 radical (unpaired) electrons. The van der Waals surface area contributed by atoms with E-state index in [1.54, 1.807) is 19.1 Å². The molecule has 3 aromatic heterocycles. The van der Waals surface area contributed by atoms with Crippen LogP contribution in [0.4, 0.5) is 13.2 Å². The van der Waals surface area contributed by atoms with Gasteiger partial charge >= 0.3 is 6.18 Å². The molecule has 0 saturated carbocycles. The monoisotopic (exact) mass is 624 g/mol. The molecular weight excluding hydrogens is 591 g/mol. The number of pyridine rings is 1. The third-order valence-electron chi connectivity index (χ3n) is 7.85. The number of likely N-dealkylation sites (tertiary alicyclic amines) is 1. The van der Waals surface area contributed by atoms with Gasteiger partial charge in [0.15, 0.2) is 0 Å². The number of halogens is 3. The number of fused-ring (bicyclic) bond motifs is 2. The number of nitrogens with zero attached hydrogens (tertiary/aromatic N) is 4. The number of aromatic nitrogens is 3. The number of hydrogen-bond acceptors (Lipinski definition) is 8. The first kappa shape index (κ1) is 30.5. The van der Waals surface area contributed by atoms with Crippen molar-refractivity contribution in [1.29, 1.82) is 0 Å². The molecule has 42 heavy (non-hydrogen) atoms. The van der Waals surface area contributed by atoms with Crippen molar-refractivity contribution in [2.45, 2.75) is 75.4 Å². The van der Waals surface area contributed by atoms with Gasteiger partial charge in [-0.15, -0.1) is 11.3 Å². The SMILES string of the molecule is CC=S(=O)([OH2+])c1ccc(CNC(=O)c2cc3c(s2)C2(CCN(C(C)c4cnc(C(F)(F)F)nc4)CC2)OC(C)C3)nc1. The van der Waals surface area contributed by atoms with E-state index in [4.69, 9.17) is 9.29 Å². The summed E-state index contributed by atoms with van der Waals surface area (Å²) < 4.78 is 65.2. The van der Waals surface area contributed by atoms with Crippen molar-refractivity contribution in [3.63, 3.8) is 0 Å². The smallest absolute Gasteiger partial charge is 0.366 e. The molecule has 0 aromatic carbocycles. The van der Waals surface area contributed by atoms with Crippen LogP contribution in [0.3, 0.4) is 0 Å². The van der Waals surface area contributed by atoms with Crippen LogP contribution in [0, 0.1) is 0 Å². The Balaban J connectivity index is 1.25. The molecule has 1 fully saturated rings. The summed E-state index contributed by atoms with van der Waals surface area (Å²) >= 11 is 1.44. The number of thiophene rings is 1. The van der Waals surface area contributed by atoms with Crippen molar-refractivity contribution in [1.82, 2.24) is 25.2 Å². The second kappa shape index (κ2) is 11.6. The lowest BCUT2D eigenvalue weighted by molar-refractivity contribution is -0.145. The molecule has 3 aromatic rings. The topological polar surface area (TPSA) is 120 Å². The van der Waals surface area contributed by atoms with Gasteiger partial charge in [0.2, 0.25) is 15.6 Å². The minimum Gasteiger partial charge on any atom is -0.366 e. The van der Waals surface area contributed by atoms with Crippen molar-refractivity contribution < 1.29 is 31.5 Å². The van der Waals surface area contributed by atoms with E-state index >= 15 is 0 Å². The quantitative estimate of drug-likeness (QED) is 0.325. The lowest BCUT2D eigenvalue weighted by atomic mass is 9.83. The standard InChI is InChI=1S/C28H32F3N5O4S2/c1-4-42(38,39)22-6-5-21(32-16-22)15-33-25(37)23-12-19-11-17(2)40-27(24(19)41-23)7-9-36(10-8-27)18(3)20-13-34-26(35-14-20)28(29,30)31/h4-6,12-14,16-18H,7-11,15H2,1-3H3,(H,33,37)(H,38,39)/p+1. The number of amides is 1. The zero-order valence-corrected chi connectivity index (χ0v) is 25.0. The minimum absolute atomic E-state index is 0.0225. The molecule has 3 unspecified atom stereocenters. The van der Waals surface area contributed by atoms with E-state index in [0.717, 1.165) is 10.4 Å². The van der Waals surface area contributed by atoms with Crippen LogP contribution in [-0.2, 0) is 39.3 Å². The maximum absolute atomic E-state index is 13.1. The Bertz CT molecular complexity index is 1560.